The second-order valence-corrected chi connectivity index (χ2v) is 6.93. The first-order valence-corrected chi connectivity index (χ1v) is 9.02. The fourth-order valence-electron chi connectivity index (χ4n) is 3.82. The van der Waals surface area contributed by atoms with Crippen LogP contribution in [0.3, 0.4) is 0 Å². The topological polar surface area (TPSA) is 33.2 Å². The molecule has 0 amide bonds. The van der Waals surface area contributed by atoms with Gasteiger partial charge in [-0.1, -0.05) is 18.2 Å². The molecule has 1 saturated heterocycles. The number of benzene rings is 2. The first-order chi connectivity index (χ1) is 12.6. The normalized spacial score (nSPS) is 15.4. The van der Waals surface area contributed by atoms with Gasteiger partial charge in [0.05, 0.1) is 5.52 Å². The maximum atomic E-state index is 13.1. The first kappa shape index (κ1) is 16.7. The summed E-state index contributed by atoms with van der Waals surface area (Å²) in [5.74, 6) is -0.178. The van der Waals surface area contributed by atoms with E-state index >= 15 is 0 Å². The number of nitrogens with zero attached hydrogens (tertiary/aromatic N) is 2. The van der Waals surface area contributed by atoms with E-state index in [0.717, 1.165) is 36.8 Å². The van der Waals surface area contributed by atoms with Crippen molar-refractivity contribution >= 4 is 22.4 Å². The van der Waals surface area contributed by atoms with Crippen molar-refractivity contribution in [3.05, 3.63) is 71.7 Å². The van der Waals surface area contributed by atoms with Gasteiger partial charge < -0.3 is 4.90 Å². The number of hydrogen-bond acceptors (Lipinski definition) is 3. The molecule has 132 valence electrons. The Morgan fingerprint density at radius 1 is 1.08 bits per heavy atom. The molecular formula is C22H21FN2O. The molecule has 0 saturated carbocycles. The maximum absolute atomic E-state index is 13.1. The van der Waals surface area contributed by atoms with Crippen LogP contribution in [0, 0.1) is 18.7 Å². The number of anilines is 1. The molecule has 0 unspecified atom stereocenters. The average Bonchev–Trinajstić information content (AvgIpc) is 2.68. The summed E-state index contributed by atoms with van der Waals surface area (Å²) < 4.78 is 13.1. The Kier molecular flexibility index (Phi) is 4.41. The van der Waals surface area contributed by atoms with Crippen LogP contribution in [0.25, 0.3) is 10.9 Å². The van der Waals surface area contributed by atoms with Crippen molar-refractivity contribution in [1.82, 2.24) is 4.98 Å². The highest BCUT2D eigenvalue weighted by molar-refractivity contribution is 5.98. The van der Waals surface area contributed by atoms with Crippen LogP contribution in [0.4, 0.5) is 10.1 Å². The van der Waals surface area contributed by atoms with Crippen LogP contribution in [0.1, 0.15) is 28.8 Å². The van der Waals surface area contributed by atoms with E-state index in [2.05, 4.69) is 41.1 Å². The van der Waals surface area contributed by atoms with Crippen molar-refractivity contribution in [3.63, 3.8) is 0 Å². The fraction of sp³-hybridized carbons (Fsp3) is 0.273. The van der Waals surface area contributed by atoms with Crippen LogP contribution in [-0.4, -0.2) is 23.9 Å². The van der Waals surface area contributed by atoms with Gasteiger partial charge in [-0.3, -0.25) is 9.78 Å². The molecule has 0 bridgehead atoms. The minimum absolute atomic E-state index is 0.00606. The van der Waals surface area contributed by atoms with E-state index in [1.807, 2.05) is 6.20 Å². The molecule has 1 fully saturated rings. The van der Waals surface area contributed by atoms with E-state index in [1.54, 1.807) is 12.1 Å². The number of Topliss-reactive ketones (excluding diaryl/α,β-unsaturated/α-hetero) is 1. The van der Waals surface area contributed by atoms with Gasteiger partial charge in [-0.25, -0.2) is 4.39 Å². The van der Waals surface area contributed by atoms with Gasteiger partial charge in [0.25, 0.3) is 0 Å². The lowest BCUT2D eigenvalue weighted by Crippen LogP contribution is -2.36. The Labute approximate surface area is 152 Å². The summed E-state index contributed by atoms with van der Waals surface area (Å²) in [4.78, 5) is 19.5. The summed E-state index contributed by atoms with van der Waals surface area (Å²) in [6, 6.07) is 14.2. The first-order valence-electron chi connectivity index (χ1n) is 9.02. The molecule has 0 spiro atoms. The monoisotopic (exact) mass is 348 g/mol. The van der Waals surface area contributed by atoms with E-state index in [1.165, 1.54) is 23.4 Å². The number of aryl methyl sites for hydroxylation is 1. The molecule has 0 N–H and O–H groups in total. The van der Waals surface area contributed by atoms with Gasteiger partial charge in [0.2, 0.25) is 0 Å². The lowest BCUT2D eigenvalue weighted by Gasteiger charge is -2.33. The van der Waals surface area contributed by atoms with Crippen LogP contribution < -0.4 is 4.90 Å². The maximum Gasteiger partial charge on any atom is 0.166 e. The molecule has 0 aliphatic carbocycles. The molecular weight excluding hydrogens is 327 g/mol. The lowest BCUT2D eigenvalue weighted by atomic mass is 9.88. The van der Waals surface area contributed by atoms with Gasteiger partial charge in [0, 0.05) is 41.8 Å². The Morgan fingerprint density at radius 2 is 1.81 bits per heavy atom. The predicted octanol–water partition coefficient (Wildman–Crippen LogP) is 4.78. The number of fused-ring (bicyclic) bond motifs is 1. The van der Waals surface area contributed by atoms with Gasteiger partial charge in [0.15, 0.2) is 5.78 Å². The zero-order valence-corrected chi connectivity index (χ0v) is 14.8. The Morgan fingerprint density at radius 3 is 2.54 bits per heavy atom. The third kappa shape index (κ3) is 3.07. The van der Waals surface area contributed by atoms with Crippen LogP contribution >= 0.6 is 0 Å². The molecule has 0 atom stereocenters. The second kappa shape index (κ2) is 6.87. The number of para-hydroxylation sites is 1. The summed E-state index contributed by atoms with van der Waals surface area (Å²) in [6.45, 7) is 3.75. The molecule has 1 aliphatic heterocycles. The van der Waals surface area contributed by atoms with E-state index in [-0.39, 0.29) is 17.5 Å². The zero-order chi connectivity index (χ0) is 18.1. The highest BCUT2D eigenvalue weighted by atomic mass is 19.1. The number of hydrogen-bond donors (Lipinski definition) is 0. The third-order valence-corrected chi connectivity index (χ3v) is 5.28. The number of halogens is 1. The Hall–Kier alpha value is -2.75. The zero-order valence-electron chi connectivity index (χ0n) is 14.8. The fourth-order valence-corrected chi connectivity index (χ4v) is 3.82. The highest BCUT2D eigenvalue weighted by Crippen LogP contribution is 2.31. The van der Waals surface area contributed by atoms with Crippen molar-refractivity contribution in [2.24, 2.45) is 5.92 Å². The molecule has 26 heavy (non-hydrogen) atoms. The van der Waals surface area contributed by atoms with Gasteiger partial charge in [-0.05, 0) is 55.7 Å². The average molecular weight is 348 g/mol. The van der Waals surface area contributed by atoms with Crippen molar-refractivity contribution in [2.45, 2.75) is 19.8 Å². The summed E-state index contributed by atoms with van der Waals surface area (Å²) >= 11 is 0. The summed E-state index contributed by atoms with van der Waals surface area (Å²) in [7, 11) is 0. The smallest absolute Gasteiger partial charge is 0.166 e. The highest BCUT2D eigenvalue weighted by Gasteiger charge is 2.26. The molecule has 3 aromatic rings. The number of aromatic nitrogens is 1. The van der Waals surface area contributed by atoms with Crippen LogP contribution in [-0.2, 0) is 0 Å². The molecule has 4 heteroatoms. The largest absolute Gasteiger partial charge is 0.371 e. The van der Waals surface area contributed by atoms with Gasteiger partial charge in [-0.15, -0.1) is 0 Å². The molecule has 2 heterocycles. The molecule has 3 nitrogen and oxygen atoms in total. The van der Waals surface area contributed by atoms with Crippen molar-refractivity contribution in [1.29, 1.82) is 0 Å². The van der Waals surface area contributed by atoms with Crippen LogP contribution in [0.2, 0.25) is 0 Å². The minimum atomic E-state index is -0.309. The van der Waals surface area contributed by atoms with Gasteiger partial charge in [0.1, 0.15) is 5.82 Å². The van der Waals surface area contributed by atoms with Crippen molar-refractivity contribution in [3.8, 4) is 0 Å². The second-order valence-electron chi connectivity index (χ2n) is 6.93. The summed E-state index contributed by atoms with van der Waals surface area (Å²) in [5, 5.41) is 1.16. The summed E-state index contributed by atoms with van der Waals surface area (Å²) in [5.41, 5.74) is 4.00. The molecule has 4 rings (SSSR count). The summed E-state index contributed by atoms with van der Waals surface area (Å²) in [6.07, 6.45) is 3.48. The number of rotatable bonds is 3. The van der Waals surface area contributed by atoms with E-state index in [9.17, 15) is 9.18 Å². The molecule has 1 aliphatic rings. The number of ketones is 1. The number of pyridine rings is 1. The predicted molar refractivity (Wildman–Crippen MR) is 102 cm³/mol. The quantitative estimate of drug-likeness (QED) is 0.639. The van der Waals surface area contributed by atoms with Gasteiger partial charge in [-0.2, -0.15) is 0 Å². The molecule has 0 radical (unpaired) electrons. The molecule has 1 aromatic heterocycles. The van der Waals surface area contributed by atoms with E-state index in [0.29, 0.717) is 5.56 Å². The third-order valence-electron chi connectivity index (χ3n) is 5.28. The number of carbonyl (C=O) groups excluding carboxylic acids is 1. The van der Waals surface area contributed by atoms with E-state index in [4.69, 9.17) is 0 Å². The minimum Gasteiger partial charge on any atom is -0.371 e. The Balaban J connectivity index is 1.51. The van der Waals surface area contributed by atoms with Crippen molar-refractivity contribution < 1.29 is 9.18 Å². The number of carbonyl (C=O) groups is 1. The van der Waals surface area contributed by atoms with Crippen molar-refractivity contribution in [2.75, 3.05) is 18.0 Å². The SMILES string of the molecule is Cc1cccc2c(N3CCC(C(=O)c4ccc(F)cc4)CC3)ccnc12. The molecule has 2 aromatic carbocycles. The van der Waals surface area contributed by atoms with Crippen LogP contribution in [0.5, 0.6) is 0 Å². The van der Waals surface area contributed by atoms with E-state index < -0.39 is 0 Å². The van der Waals surface area contributed by atoms with Crippen LogP contribution in [0.15, 0.2) is 54.7 Å². The van der Waals surface area contributed by atoms with Gasteiger partial charge >= 0.3 is 0 Å². The lowest BCUT2D eigenvalue weighted by molar-refractivity contribution is 0.0900. The Bertz CT molecular complexity index is 944. The number of piperidine rings is 1. The standard InChI is InChI=1S/C22H21FN2O/c1-15-3-2-4-19-20(9-12-24-21(15)19)25-13-10-17(11-14-25)22(26)16-5-7-18(23)8-6-16/h2-9,12,17H,10-11,13-14H2,1H3.